The quantitative estimate of drug-likeness (QED) is 0.723. The van der Waals surface area contributed by atoms with Crippen LogP contribution in [0.5, 0.6) is 0 Å². The summed E-state index contributed by atoms with van der Waals surface area (Å²) in [5, 5.41) is 3.78. The molecule has 0 aliphatic carbocycles. The lowest BCUT2D eigenvalue weighted by atomic mass is 10.2. The van der Waals surface area contributed by atoms with Crippen molar-refractivity contribution in [1.29, 1.82) is 0 Å². The van der Waals surface area contributed by atoms with Gasteiger partial charge in [0.25, 0.3) is 5.91 Å². The highest BCUT2D eigenvalue weighted by molar-refractivity contribution is 6.06. The maximum Gasteiger partial charge on any atom is 0.338 e. The molecule has 0 unspecified atom stereocenters. The fraction of sp³-hybridized carbons (Fsp3) is 0.111. The average molecular weight is 308 g/mol. The summed E-state index contributed by atoms with van der Waals surface area (Å²) in [6.45, 7) is 2.09. The van der Waals surface area contributed by atoms with E-state index >= 15 is 0 Å². The van der Waals surface area contributed by atoms with Crippen LogP contribution in [0, 0.1) is 0 Å². The van der Waals surface area contributed by atoms with Crippen molar-refractivity contribution >= 4 is 28.5 Å². The second-order valence-electron chi connectivity index (χ2n) is 5.02. The van der Waals surface area contributed by atoms with Gasteiger partial charge in [-0.05, 0) is 43.3 Å². The lowest BCUT2D eigenvalue weighted by molar-refractivity contribution is 0.0526. The second kappa shape index (κ2) is 6.36. The van der Waals surface area contributed by atoms with E-state index in [1.807, 2.05) is 24.3 Å². The zero-order chi connectivity index (χ0) is 16.2. The first-order chi connectivity index (χ1) is 11.2. The van der Waals surface area contributed by atoms with Crippen LogP contribution in [0.2, 0.25) is 0 Å². The summed E-state index contributed by atoms with van der Waals surface area (Å²) in [5.74, 6) is -0.605. The van der Waals surface area contributed by atoms with Gasteiger partial charge in [-0.2, -0.15) is 0 Å². The summed E-state index contributed by atoms with van der Waals surface area (Å²) in [7, 11) is 0. The zero-order valence-electron chi connectivity index (χ0n) is 12.6. The third-order valence-corrected chi connectivity index (χ3v) is 3.43. The van der Waals surface area contributed by atoms with Gasteiger partial charge in [0.1, 0.15) is 5.69 Å². The van der Waals surface area contributed by atoms with E-state index in [0.717, 1.165) is 10.9 Å². The Balaban J connectivity index is 1.73. The van der Waals surface area contributed by atoms with Crippen molar-refractivity contribution in [3.63, 3.8) is 0 Å². The minimum atomic E-state index is -0.374. The molecule has 0 saturated carbocycles. The Morgan fingerprint density at radius 3 is 2.52 bits per heavy atom. The minimum Gasteiger partial charge on any atom is -0.462 e. The number of aromatic amines is 1. The molecule has 0 radical (unpaired) electrons. The zero-order valence-corrected chi connectivity index (χ0v) is 12.6. The van der Waals surface area contributed by atoms with Gasteiger partial charge in [-0.15, -0.1) is 0 Å². The van der Waals surface area contributed by atoms with Crippen LogP contribution in [-0.2, 0) is 4.74 Å². The number of carbonyl (C=O) groups excluding carboxylic acids is 2. The lowest BCUT2D eigenvalue weighted by Gasteiger charge is -2.05. The number of anilines is 1. The molecule has 116 valence electrons. The largest absolute Gasteiger partial charge is 0.462 e. The highest BCUT2D eigenvalue weighted by atomic mass is 16.5. The van der Waals surface area contributed by atoms with E-state index in [1.54, 1.807) is 37.3 Å². The van der Waals surface area contributed by atoms with Crippen molar-refractivity contribution in [2.75, 3.05) is 11.9 Å². The molecular formula is C18H16N2O3. The number of nitrogens with one attached hydrogen (secondary N) is 2. The summed E-state index contributed by atoms with van der Waals surface area (Å²) < 4.78 is 4.92. The number of rotatable bonds is 4. The van der Waals surface area contributed by atoms with Crippen molar-refractivity contribution in [3.8, 4) is 0 Å². The standard InChI is InChI=1S/C18H16N2O3/c1-2-23-18(22)12-7-9-14(10-8-12)19-17(21)16-11-13-5-3-4-6-15(13)20-16/h3-11,20H,2H2,1H3,(H,19,21). The Hall–Kier alpha value is -3.08. The van der Waals surface area contributed by atoms with E-state index in [2.05, 4.69) is 10.3 Å². The molecule has 5 heteroatoms. The monoisotopic (exact) mass is 308 g/mol. The number of para-hydroxylation sites is 1. The summed E-state index contributed by atoms with van der Waals surface area (Å²) >= 11 is 0. The van der Waals surface area contributed by atoms with Crippen LogP contribution in [0.4, 0.5) is 5.69 Å². The van der Waals surface area contributed by atoms with Crippen LogP contribution in [0.1, 0.15) is 27.8 Å². The Labute approximate surface area is 133 Å². The van der Waals surface area contributed by atoms with E-state index in [-0.39, 0.29) is 11.9 Å². The Morgan fingerprint density at radius 1 is 1.09 bits per heavy atom. The summed E-state index contributed by atoms with van der Waals surface area (Å²) in [6, 6.07) is 16.1. The SMILES string of the molecule is CCOC(=O)c1ccc(NC(=O)c2cc3ccccc3[nH]2)cc1. The summed E-state index contributed by atoms with van der Waals surface area (Å²) in [4.78, 5) is 26.9. The molecule has 2 aromatic carbocycles. The number of H-pyrrole nitrogens is 1. The third kappa shape index (κ3) is 3.23. The first kappa shape index (κ1) is 14.8. The molecule has 0 spiro atoms. The van der Waals surface area contributed by atoms with Crippen LogP contribution in [-0.4, -0.2) is 23.5 Å². The Morgan fingerprint density at radius 2 is 1.83 bits per heavy atom. The number of esters is 1. The molecule has 23 heavy (non-hydrogen) atoms. The van der Waals surface area contributed by atoms with Crippen molar-refractivity contribution in [1.82, 2.24) is 4.98 Å². The predicted molar refractivity (Wildman–Crippen MR) is 88.7 cm³/mol. The van der Waals surface area contributed by atoms with Gasteiger partial charge in [0.15, 0.2) is 0 Å². The molecule has 0 saturated heterocycles. The van der Waals surface area contributed by atoms with E-state index in [9.17, 15) is 9.59 Å². The molecule has 1 amide bonds. The molecule has 2 N–H and O–H groups in total. The van der Waals surface area contributed by atoms with E-state index in [1.165, 1.54) is 0 Å². The number of hydrogen-bond donors (Lipinski definition) is 2. The first-order valence-corrected chi connectivity index (χ1v) is 7.33. The normalized spacial score (nSPS) is 10.5. The van der Waals surface area contributed by atoms with Crippen molar-refractivity contribution in [3.05, 3.63) is 65.9 Å². The summed E-state index contributed by atoms with van der Waals surface area (Å²) in [6.07, 6.45) is 0. The maximum absolute atomic E-state index is 12.3. The third-order valence-electron chi connectivity index (χ3n) is 3.43. The molecule has 0 atom stereocenters. The number of fused-ring (bicyclic) bond motifs is 1. The number of benzene rings is 2. The van der Waals surface area contributed by atoms with E-state index in [0.29, 0.717) is 23.6 Å². The van der Waals surface area contributed by atoms with Crippen molar-refractivity contribution < 1.29 is 14.3 Å². The van der Waals surface area contributed by atoms with Gasteiger partial charge in [0.05, 0.1) is 12.2 Å². The van der Waals surface area contributed by atoms with Crippen LogP contribution >= 0.6 is 0 Å². The van der Waals surface area contributed by atoms with Gasteiger partial charge in [0.2, 0.25) is 0 Å². The molecule has 0 bridgehead atoms. The van der Waals surface area contributed by atoms with E-state index < -0.39 is 0 Å². The maximum atomic E-state index is 12.3. The van der Waals surface area contributed by atoms with Crippen LogP contribution in [0.25, 0.3) is 10.9 Å². The lowest BCUT2D eigenvalue weighted by Crippen LogP contribution is -2.12. The van der Waals surface area contributed by atoms with Crippen molar-refractivity contribution in [2.24, 2.45) is 0 Å². The number of hydrogen-bond acceptors (Lipinski definition) is 3. The molecule has 1 aromatic heterocycles. The average Bonchev–Trinajstić information content (AvgIpc) is 3.00. The molecule has 3 rings (SSSR count). The van der Waals surface area contributed by atoms with Gasteiger partial charge < -0.3 is 15.0 Å². The number of amides is 1. The highest BCUT2D eigenvalue weighted by Crippen LogP contribution is 2.17. The highest BCUT2D eigenvalue weighted by Gasteiger charge is 2.10. The van der Waals surface area contributed by atoms with Gasteiger partial charge >= 0.3 is 5.97 Å². The summed E-state index contributed by atoms with van der Waals surface area (Å²) in [5.41, 5.74) is 2.47. The topological polar surface area (TPSA) is 71.2 Å². The van der Waals surface area contributed by atoms with Crippen LogP contribution in [0.3, 0.4) is 0 Å². The molecule has 0 aliphatic heterocycles. The molecule has 1 heterocycles. The molecular weight excluding hydrogens is 292 g/mol. The van der Waals surface area contributed by atoms with Gasteiger partial charge in [0, 0.05) is 16.6 Å². The van der Waals surface area contributed by atoms with Crippen LogP contribution < -0.4 is 5.32 Å². The number of carbonyl (C=O) groups is 2. The van der Waals surface area contributed by atoms with Gasteiger partial charge in [-0.1, -0.05) is 18.2 Å². The fourth-order valence-corrected chi connectivity index (χ4v) is 2.30. The predicted octanol–water partition coefficient (Wildman–Crippen LogP) is 3.60. The van der Waals surface area contributed by atoms with Crippen LogP contribution in [0.15, 0.2) is 54.6 Å². The smallest absolute Gasteiger partial charge is 0.338 e. The van der Waals surface area contributed by atoms with Gasteiger partial charge in [-0.25, -0.2) is 4.79 Å². The van der Waals surface area contributed by atoms with E-state index in [4.69, 9.17) is 4.74 Å². The Kier molecular flexibility index (Phi) is 4.10. The van der Waals surface area contributed by atoms with Gasteiger partial charge in [-0.3, -0.25) is 4.79 Å². The fourth-order valence-electron chi connectivity index (χ4n) is 2.30. The molecule has 0 fully saturated rings. The first-order valence-electron chi connectivity index (χ1n) is 7.33. The molecule has 5 nitrogen and oxygen atoms in total. The number of aromatic nitrogens is 1. The molecule has 3 aromatic rings. The minimum absolute atomic E-state index is 0.231. The Bertz CT molecular complexity index is 817. The van der Waals surface area contributed by atoms with Crippen molar-refractivity contribution in [2.45, 2.75) is 6.92 Å². The number of ether oxygens (including phenoxy) is 1. The molecule has 0 aliphatic rings. The second-order valence-corrected chi connectivity index (χ2v) is 5.02.